The molecule has 0 aliphatic carbocycles. The molecule has 112 valence electrons. The molecule has 0 heterocycles. The maximum atomic E-state index is 11.7. The monoisotopic (exact) mass is 296 g/mol. The highest BCUT2D eigenvalue weighted by atomic mass is 16.6. The summed E-state index contributed by atoms with van der Waals surface area (Å²) in [6.07, 6.45) is 3.03. The van der Waals surface area contributed by atoms with Crippen molar-refractivity contribution in [3.8, 4) is 0 Å². The molecule has 0 saturated heterocycles. The molecule has 22 heavy (non-hydrogen) atoms. The van der Waals surface area contributed by atoms with Crippen molar-refractivity contribution in [1.82, 2.24) is 5.32 Å². The fraction of sp³-hybridized carbons (Fsp3) is 0.118. The number of hydrogen-bond donors (Lipinski definition) is 1. The summed E-state index contributed by atoms with van der Waals surface area (Å²) in [7, 11) is 0. The number of aryl methyl sites for hydroxylation is 1. The first kappa shape index (κ1) is 15.4. The van der Waals surface area contributed by atoms with Gasteiger partial charge in [0.1, 0.15) is 0 Å². The van der Waals surface area contributed by atoms with Gasteiger partial charge in [0.2, 0.25) is 5.91 Å². The van der Waals surface area contributed by atoms with Crippen LogP contribution in [0.5, 0.6) is 0 Å². The molecule has 1 amide bonds. The van der Waals surface area contributed by atoms with Crippen LogP contribution in [-0.2, 0) is 11.3 Å². The van der Waals surface area contributed by atoms with Gasteiger partial charge in [-0.25, -0.2) is 0 Å². The van der Waals surface area contributed by atoms with E-state index in [1.165, 1.54) is 23.8 Å². The third kappa shape index (κ3) is 4.56. The van der Waals surface area contributed by atoms with Gasteiger partial charge in [-0.05, 0) is 36.3 Å². The highest BCUT2D eigenvalue weighted by Gasteiger charge is 2.02. The van der Waals surface area contributed by atoms with Gasteiger partial charge in [-0.1, -0.05) is 29.8 Å². The van der Waals surface area contributed by atoms with Gasteiger partial charge in [0.15, 0.2) is 0 Å². The largest absolute Gasteiger partial charge is 0.348 e. The van der Waals surface area contributed by atoms with E-state index >= 15 is 0 Å². The van der Waals surface area contributed by atoms with E-state index < -0.39 is 4.92 Å². The minimum atomic E-state index is -0.457. The van der Waals surface area contributed by atoms with Gasteiger partial charge >= 0.3 is 0 Å². The minimum Gasteiger partial charge on any atom is -0.348 e. The number of carbonyl (C=O) groups excluding carboxylic acids is 1. The van der Waals surface area contributed by atoms with E-state index in [-0.39, 0.29) is 11.6 Å². The van der Waals surface area contributed by atoms with Crippen LogP contribution < -0.4 is 5.32 Å². The number of nitro benzene ring substituents is 1. The second kappa shape index (κ2) is 7.17. The van der Waals surface area contributed by atoms with E-state index in [1.807, 2.05) is 31.2 Å². The van der Waals surface area contributed by atoms with Gasteiger partial charge in [0.05, 0.1) is 4.92 Å². The van der Waals surface area contributed by atoms with Crippen LogP contribution in [-0.4, -0.2) is 10.8 Å². The predicted octanol–water partition coefficient (Wildman–Crippen LogP) is 3.23. The predicted molar refractivity (Wildman–Crippen MR) is 85.2 cm³/mol. The summed E-state index contributed by atoms with van der Waals surface area (Å²) in [5.74, 6) is -0.209. The van der Waals surface area contributed by atoms with Crippen molar-refractivity contribution in [2.75, 3.05) is 0 Å². The van der Waals surface area contributed by atoms with Crippen molar-refractivity contribution in [3.05, 3.63) is 81.4 Å². The minimum absolute atomic E-state index is 0.0287. The zero-order chi connectivity index (χ0) is 15.9. The van der Waals surface area contributed by atoms with Crippen molar-refractivity contribution in [1.29, 1.82) is 0 Å². The number of carbonyl (C=O) groups is 1. The molecule has 0 unspecified atom stereocenters. The van der Waals surface area contributed by atoms with Crippen LogP contribution in [0.1, 0.15) is 16.7 Å². The van der Waals surface area contributed by atoms with Crippen molar-refractivity contribution in [3.63, 3.8) is 0 Å². The molecule has 0 fully saturated rings. The Bertz CT molecular complexity index is 689. The third-order valence-electron chi connectivity index (χ3n) is 3.12. The average molecular weight is 296 g/mol. The third-order valence-corrected chi connectivity index (χ3v) is 3.12. The SMILES string of the molecule is Cc1ccc(CNC(=O)/C=C/c2ccc([N+](=O)[O-])cc2)cc1. The zero-order valence-corrected chi connectivity index (χ0v) is 12.2. The second-order valence-electron chi connectivity index (χ2n) is 4.89. The van der Waals surface area contributed by atoms with E-state index in [1.54, 1.807) is 18.2 Å². The van der Waals surface area contributed by atoms with Crippen molar-refractivity contribution < 1.29 is 9.72 Å². The lowest BCUT2D eigenvalue weighted by molar-refractivity contribution is -0.384. The van der Waals surface area contributed by atoms with Crippen molar-refractivity contribution >= 4 is 17.7 Å². The summed E-state index contributed by atoms with van der Waals surface area (Å²) >= 11 is 0. The number of amides is 1. The average Bonchev–Trinajstić information content (AvgIpc) is 2.52. The van der Waals surface area contributed by atoms with Gasteiger partial charge in [-0.2, -0.15) is 0 Å². The van der Waals surface area contributed by atoms with Gasteiger partial charge in [-0.15, -0.1) is 0 Å². The zero-order valence-electron chi connectivity index (χ0n) is 12.2. The molecule has 0 saturated carbocycles. The van der Waals surface area contributed by atoms with Crippen LogP contribution in [0.15, 0.2) is 54.6 Å². The summed E-state index contributed by atoms with van der Waals surface area (Å²) in [5, 5.41) is 13.3. The van der Waals surface area contributed by atoms with Crippen LogP contribution in [0.4, 0.5) is 5.69 Å². The van der Waals surface area contributed by atoms with Crippen LogP contribution in [0.2, 0.25) is 0 Å². The van der Waals surface area contributed by atoms with Gasteiger partial charge in [-0.3, -0.25) is 14.9 Å². The molecule has 0 aliphatic heterocycles. The number of nitrogens with zero attached hydrogens (tertiary/aromatic N) is 1. The molecule has 0 atom stereocenters. The highest BCUT2D eigenvalue weighted by Crippen LogP contribution is 2.12. The summed E-state index contributed by atoms with van der Waals surface area (Å²) in [6.45, 7) is 2.47. The number of rotatable bonds is 5. The molecule has 2 aromatic rings. The number of non-ortho nitro benzene ring substituents is 1. The molecule has 0 aliphatic rings. The molecule has 0 radical (unpaired) electrons. The molecule has 0 spiro atoms. The van der Waals surface area contributed by atoms with Crippen molar-refractivity contribution in [2.45, 2.75) is 13.5 Å². The topological polar surface area (TPSA) is 72.2 Å². The van der Waals surface area contributed by atoms with Crippen LogP contribution >= 0.6 is 0 Å². The first-order chi connectivity index (χ1) is 10.5. The Balaban J connectivity index is 1.88. The fourth-order valence-electron chi connectivity index (χ4n) is 1.83. The normalized spacial score (nSPS) is 10.6. The fourth-order valence-corrected chi connectivity index (χ4v) is 1.83. The standard InChI is InChI=1S/C17H16N2O3/c1-13-2-4-15(5-3-13)12-18-17(20)11-8-14-6-9-16(10-7-14)19(21)22/h2-11H,12H2,1H3,(H,18,20)/b11-8+. The quantitative estimate of drug-likeness (QED) is 0.523. The lowest BCUT2D eigenvalue weighted by Crippen LogP contribution is -2.20. The van der Waals surface area contributed by atoms with E-state index in [2.05, 4.69) is 5.32 Å². The van der Waals surface area contributed by atoms with E-state index in [9.17, 15) is 14.9 Å². The molecular weight excluding hydrogens is 280 g/mol. The summed E-state index contributed by atoms with van der Waals surface area (Å²) in [6, 6.07) is 13.9. The Morgan fingerprint density at radius 2 is 1.77 bits per heavy atom. The Kier molecular flexibility index (Phi) is 5.03. The van der Waals surface area contributed by atoms with E-state index in [4.69, 9.17) is 0 Å². The molecule has 2 aromatic carbocycles. The number of nitrogens with one attached hydrogen (secondary N) is 1. The number of benzene rings is 2. The molecule has 0 bridgehead atoms. The van der Waals surface area contributed by atoms with E-state index in [0.29, 0.717) is 6.54 Å². The lowest BCUT2D eigenvalue weighted by Gasteiger charge is -2.03. The Morgan fingerprint density at radius 1 is 1.14 bits per heavy atom. The summed E-state index contributed by atoms with van der Waals surface area (Å²) < 4.78 is 0. The Hall–Kier alpha value is -2.95. The maximum Gasteiger partial charge on any atom is 0.269 e. The van der Waals surface area contributed by atoms with Gasteiger partial charge in [0, 0.05) is 24.8 Å². The molecule has 5 nitrogen and oxygen atoms in total. The number of hydrogen-bond acceptors (Lipinski definition) is 3. The second-order valence-corrected chi connectivity index (χ2v) is 4.89. The molecule has 0 aromatic heterocycles. The van der Waals surface area contributed by atoms with Gasteiger partial charge < -0.3 is 5.32 Å². The lowest BCUT2D eigenvalue weighted by atomic mass is 10.1. The van der Waals surface area contributed by atoms with Crippen molar-refractivity contribution in [2.24, 2.45) is 0 Å². The van der Waals surface area contributed by atoms with Crippen LogP contribution in [0.25, 0.3) is 6.08 Å². The number of nitro groups is 1. The first-order valence-corrected chi connectivity index (χ1v) is 6.80. The van der Waals surface area contributed by atoms with E-state index in [0.717, 1.165) is 11.1 Å². The molecule has 5 heteroatoms. The first-order valence-electron chi connectivity index (χ1n) is 6.80. The highest BCUT2D eigenvalue weighted by molar-refractivity contribution is 5.91. The van der Waals surface area contributed by atoms with Crippen LogP contribution in [0, 0.1) is 17.0 Å². The molecular formula is C17H16N2O3. The van der Waals surface area contributed by atoms with Crippen LogP contribution in [0.3, 0.4) is 0 Å². The molecule has 1 N–H and O–H groups in total. The smallest absolute Gasteiger partial charge is 0.269 e. The Labute approximate surface area is 128 Å². The summed E-state index contributed by atoms with van der Waals surface area (Å²) in [4.78, 5) is 21.8. The maximum absolute atomic E-state index is 11.7. The Morgan fingerprint density at radius 3 is 2.36 bits per heavy atom. The molecule has 2 rings (SSSR count). The summed E-state index contributed by atoms with van der Waals surface area (Å²) in [5.41, 5.74) is 2.97. The van der Waals surface area contributed by atoms with Gasteiger partial charge in [0.25, 0.3) is 5.69 Å².